The number of hydrogen-bond donors (Lipinski definition) is 3. The first kappa shape index (κ1) is 14.0. The van der Waals surface area contributed by atoms with Crippen LogP contribution in [0.5, 0.6) is 0 Å². The van der Waals surface area contributed by atoms with Crippen LogP contribution in [-0.2, 0) is 10.0 Å². The van der Waals surface area contributed by atoms with E-state index in [2.05, 4.69) is 19.9 Å². The summed E-state index contributed by atoms with van der Waals surface area (Å²) in [6.45, 7) is 3.24. The average Bonchev–Trinajstić information content (AvgIpc) is 2.75. The fourth-order valence-corrected chi connectivity index (χ4v) is 2.94. The molecule has 0 amide bonds. The summed E-state index contributed by atoms with van der Waals surface area (Å²) in [6, 6.07) is 3.17. The van der Waals surface area contributed by atoms with E-state index >= 15 is 0 Å². The van der Waals surface area contributed by atoms with Gasteiger partial charge >= 0.3 is 5.97 Å². The van der Waals surface area contributed by atoms with Crippen molar-refractivity contribution >= 4 is 21.8 Å². The average molecular weight is 296 g/mol. The van der Waals surface area contributed by atoms with Gasteiger partial charge in [0, 0.05) is 6.20 Å². The number of aromatic amines is 1. The molecule has 0 bridgehead atoms. The number of carboxylic acid groups (broad SMARTS) is 1. The smallest absolute Gasteiger partial charge is 0.357 e. The van der Waals surface area contributed by atoms with Gasteiger partial charge in [-0.2, -0.15) is 5.10 Å². The lowest BCUT2D eigenvalue weighted by molar-refractivity contribution is 0.0686. The summed E-state index contributed by atoms with van der Waals surface area (Å²) < 4.78 is 26.7. The number of aromatic nitrogens is 3. The van der Waals surface area contributed by atoms with Crippen molar-refractivity contribution in [3.8, 4) is 0 Å². The Hall–Kier alpha value is -2.42. The van der Waals surface area contributed by atoms with E-state index in [1.807, 2.05) is 6.92 Å². The van der Waals surface area contributed by atoms with Crippen LogP contribution in [0, 0.1) is 13.8 Å². The van der Waals surface area contributed by atoms with Gasteiger partial charge in [-0.3, -0.25) is 9.82 Å². The maximum Gasteiger partial charge on any atom is 0.357 e. The molecule has 0 radical (unpaired) electrons. The minimum Gasteiger partial charge on any atom is -0.476 e. The second-order valence-corrected chi connectivity index (χ2v) is 5.78. The minimum absolute atomic E-state index is 0.104. The molecule has 0 saturated carbocycles. The zero-order chi connectivity index (χ0) is 14.9. The van der Waals surface area contributed by atoms with Gasteiger partial charge in [0.05, 0.1) is 5.69 Å². The normalized spacial score (nSPS) is 11.3. The second-order valence-electron chi connectivity index (χ2n) is 4.16. The predicted molar refractivity (Wildman–Crippen MR) is 70.1 cm³/mol. The Morgan fingerprint density at radius 1 is 1.35 bits per heavy atom. The monoisotopic (exact) mass is 296 g/mol. The number of nitrogens with one attached hydrogen (secondary N) is 2. The van der Waals surface area contributed by atoms with Crippen LogP contribution in [0.25, 0.3) is 0 Å². The number of carboxylic acids is 1. The number of nitrogens with zero attached hydrogens (tertiary/aromatic N) is 2. The van der Waals surface area contributed by atoms with E-state index in [4.69, 9.17) is 5.11 Å². The van der Waals surface area contributed by atoms with Crippen molar-refractivity contribution in [3.05, 3.63) is 35.3 Å². The molecule has 0 aliphatic rings. The quantitative estimate of drug-likeness (QED) is 0.770. The van der Waals surface area contributed by atoms with Crippen molar-refractivity contribution in [3.63, 3.8) is 0 Å². The van der Waals surface area contributed by atoms with Gasteiger partial charge in [0.2, 0.25) is 0 Å². The molecule has 0 saturated heterocycles. The zero-order valence-corrected chi connectivity index (χ0v) is 11.5. The van der Waals surface area contributed by atoms with Gasteiger partial charge in [-0.15, -0.1) is 0 Å². The van der Waals surface area contributed by atoms with Gasteiger partial charge < -0.3 is 5.11 Å². The van der Waals surface area contributed by atoms with Crippen LogP contribution in [0.4, 0.5) is 5.82 Å². The number of rotatable bonds is 4. The van der Waals surface area contributed by atoms with E-state index in [-0.39, 0.29) is 11.5 Å². The molecule has 0 fully saturated rings. The molecule has 0 aromatic carbocycles. The van der Waals surface area contributed by atoms with Crippen molar-refractivity contribution in [2.75, 3.05) is 4.72 Å². The summed E-state index contributed by atoms with van der Waals surface area (Å²) in [7, 11) is -4.08. The van der Waals surface area contributed by atoms with Crippen LogP contribution in [0.15, 0.2) is 23.2 Å². The van der Waals surface area contributed by atoms with Crippen molar-refractivity contribution in [2.24, 2.45) is 0 Å². The SMILES string of the molecule is Cc1ccc(NS(=O)(=O)c2c(C(=O)O)n[nH]c2C)nc1. The Bertz CT molecular complexity index is 749. The Labute approximate surface area is 114 Å². The van der Waals surface area contributed by atoms with E-state index < -0.39 is 26.6 Å². The largest absolute Gasteiger partial charge is 0.476 e. The molecule has 0 atom stereocenters. The Balaban J connectivity index is 2.43. The van der Waals surface area contributed by atoms with Gasteiger partial charge in [-0.25, -0.2) is 18.2 Å². The third-order valence-electron chi connectivity index (χ3n) is 2.51. The van der Waals surface area contributed by atoms with Crippen molar-refractivity contribution in [2.45, 2.75) is 18.7 Å². The lowest BCUT2D eigenvalue weighted by Crippen LogP contribution is -2.17. The van der Waals surface area contributed by atoms with Gasteiger partial charge in [-0.1, -0.05) is 6.07 Å². The van der Waals surface area contributed by atoms with Gasteiger partial charge in [0.1, 0.15) is 10.7 Å². The summed E-state index contributed by atoms with van der Waals surface area (Å²) in [5.74, 6) is -1.32. The molecule has 0 spiro atoms. The Kier molecular flexibility index (Phi) is 3.45. The molecule has 2 aromatic heterocycles. The maximum absolute atomic E-state index is 12.2. The topological polar surface area (TPSA) is 125 Å². The van der Waals surface area contributed by atoms with Crippen LogP contribution in [0.3, 0.4) is 0 Å². The molecule has 106 valence electrons. The van der Waals surface area contributed by atoms with Gasteiger partial charge in [0.15, 0.2) is 5.69 Å². The van der Waals surface area contributed by atoms with E-state index in [9.17, 15) is 13.2 Å². The summed E-state index contributed by atoms with van der Waals surface area (Å²) in [6.07, 6.45) is 1.50. The van der Waals surface area contributed by atoms with Crippen molar-refractivity contribution in [1.29, 1.82) is 0 Å². The fourth-order valence-electron chi connectivity index (χ4n) is 1.61. The maximum atomic E-state index is 12.2. The lowest BCUT2D eigenvalue weighted by atomic mass is 10.3. The first-order valence-electron chi connectivity index (χ1n) is 5.55. The predicted octanol–water partition coefficient (Wildman–Crippen LogP) is 0.921. The van der Waals surface area contributed by atoms with Crippen molar-refractivity contribution < 1.29 is 18.3 Å². The third-order valence-corrected chi connectivity index (χ3v) is 4.03. The molecule has 9 heteroatoms. The Morgan fingerprint density at radius 2 is 2.05 bits per heavy atom. The highest BCUT2D eigenvalue weighted by atomic mass is 32.2. The second kappa shape index (κ2) is 4.93. The molecule has 0 unspecified atom stereocenters. The summed E-state index contributed by atoms with van der Waals surface area (Å²) >= 11 is 0. The highest BCUT2D eigenvalue weighted by Crippen LogP contribution is 2.20. The van der Waals surface area contributed by atoms with E-state index in [1.54, 1.807) is 6.07 Å². The summed E-state index contributed by atoms with van der Waals surface area (Å²) in [5, 5.41) is 14.8. The molecule has 8 nitrogen and oxygen atoms in total. The molecule has 2 rings (SSSR count). The first-order valence-corrected chi connectivity index (χ1v) is 7.03. The third kappa shape index (κ3) is 2.62. The molecular formula is C11H12N4O4S. The van der Waals surface area contributed by atoms with Crippen LogP contribution in [0.2, 0.25) is 0 Å². The van der Waals surface area contributed by atoms with Gasteiger partial charge in [0.25, 0.3) is 10.0 Å². The van der Waals surface area contributed by atoms with E-state index in [0.29, 0.717) is 0 Å². The zero-order valence-electron chi connectivity index (χ0n) is 10.7. The number of aromatic carboxylic acids is 1. The minimum atomic E-state index is -4.08. The van der Waals surface area contributed by atoms with E-state index in [1.165, 1.54) is 19.2 Å². The number of hydrogen-bond acceptors (Lipinski definition) is 5. The molecule has 2 aromatic rings. The van der Waals surface area contributed by atoms with E-state index in [0.717, 1.165) is 5.56 Å². The number of anilines is 1. The summed E-state index contributed by atoms with van der Waals surface area (Å²) in [5.41, 5.74) is 0.461. The highest BCUT2D eigenvalue weighted by molar-refractivity contribution is 7.92. The molecule has 20 heavy (non-hydrogen) atoms. The molecular weight excluding hydrogens is 284 g/mol. The number of sulfonamides is 1. The van der Waals surface area contributed by atoms with Gasteiger partial charge in [-0.05, 0) is 25.5 Å². The lowest BCUT2D eigenvalue weighted by Gasteiger charge is -2.07. The number of carbonyl (C=O) groups is 1. The Morgan fingerprint density at radius 3 is 2.60 bits per heavy atom. The standard InChI is InChI=1S/C11H12N4O4S/c1-6-3-4-8(12-5-6)15-20(18,19)10-7(2)13-14-9(10)11(16)17/h3-5H,1-2H3,(H,12,15)(H,13,14)(H,16,17). The van der Waals surface area contributed by atoms with Crippen molar-refractivity contribution in [1.82, 2.24) is 15.2 Å². The molecule has 0 aliphatic carbocycles. The number of aryl methyl sites for hydroxylation is 2. The molecule has 3 N–H and O–H groups in total. The van der Waals surface area contributed by atoms with Crippen LogP contribution >= 0.6 is 0 Å². The first-order chi connectivity index (χ1) is 9.31. The van der Waals surface area contributed by atoms with Crippen LogP contribution < -0.4 is 4.72 Å². The molecule has 2 heterocycles. The van der Waals surface area contributed by atoms with Crippen LogP contribution in [-0.4, -0.2) is 34.7 Å². The highest BCUT2D eigenvalue weighted by Gasteiger charge is 2.28. The molecule has 0 aliphatic heterocycles. The number of H-pyrrole nitrogens is 1. The number of pyridine rings is 1. The van der Waals surface area contributed by atoms with Crippen LogP contribution in [0.1, 0.15) is 21.7 Å². The fraction of sp³-hybridized carbons (Fsp3) is 0.182. The summed E-state index contributed by atoms with van der Waals surface area (Å²) in [4.78, 5) is 14.5.